The fraction of sp³-hybridized carbons (Fsp3) is 0.667. The molecular formula is C18H32N4O6. The quantitative estimate of drug-likeness (QED) is 0.314. The number of likely N-dealkylation sites (tertiary alicyclic amines) is 1. The average Bonchev–Trinajstić information content (AvgIpc) is 3.01. The van der Waals surface area contributed by atoms with Crippen LogP contribution >= 0.6 is 0 Å². The second-order valence-electron chi connectivity index (χ2n) is 7.44. The highest BCUT2D eigenvalue weighted by atomic mass is 16.6. The van der Waals surface area contributed by atoms with Gasteiger partial charge in [0.1, 0.15) is 11.6 Å². The molecule has 3 atom stereocenters. The number of amides is 4. The van der Waals surface area contributed by atoms with Crippen LogP contribution in [0.15, 0.2) is 12.7 Å². The number of hydrogen-bond donors (Lipinski definition) is 4. The number of carboxylic acids is 1. The van der Waals surface area contributed by atoms with Crippen LogP contribution in [0.4, 0.5) is 9.59 Å². The zero-order valence-electron chi connectivity index (χ0n) is 17.2. The van der Waals surface area contributed by atoms with Gasteiger partial charge in [0.05, 0.1) is 0 Å². The minimum absolute atomic E-state index is 0.218. The number of nitrogens with zero attached hydrogens (tertiary/aromatic N) is 1. The van der Waals surface area contributed by atoms with Gasteiger partial charge in [0.25, 0.3) is 0 Å². The van der Waals surface area contributed by atoms with Crippen molar-refractivity contribution >= 4 is 24.5 Å². The summed E-state index contributed by atoms with van der Waals surface area (Å²) < 4.78 is 4.99. The van der Waals surface area contributed by atoms with E-state index in [2.05, 4.69) is 22.7 Å². The number of carbonyl (C=O) groups is 4. The summed E-state index contributed by atoms with van der Waals surface area (Å²) in [5.74, 6) is -1.32. The Morgan fingerprint density at radius 2 is 1.89 bits per heavy atom. The summed E-state index contributed by atoms with van der Waals surface area (Å²) in [5.41, 5.74) is 4.00. The first-order valence-electron chi connectivity index (χ1n) is 9.03. The monoisotopic (exact) mass is 400 g/mol. The van der Waals surface area contributed by atoms with Gasteiger partial charge in [0, 0.05) is 18.5 Å². The molecule has 0 aliphatic carbocycles. The van der Waals surface area contributed by atoms with Crippen LogP contribution in [0.5, 0.6) is 0 Å². The molecule has 3 unspecified atom stereocenters. The van der Waals surface area contributed by atoms with Gasteiger partial charge in [0.2, 0.25) is 6.41 Å². The Balaban J connectivity index is 0.000000576. The molecule has 0 saturated carbocycles. The predicted octanol–water partition coefficient (Wildman–Crippen LogP) is 1.63. The van der Waals surface area contributed by atoms with Crippen LogP contribution in [-0.2, 0) is 14.3 Å². The van der Waals surface area contributed by atoms with Crippen molar-refractivity contribution < 1.29 is 29.0 Å². The van der Waals surface area contributed by atoms with Crippen molar-refractivity contribution in [2.24, 2.45) is 5.92 Å². The number of hydrogen-bond acceptors (Lipinski definition) is 5. The third kappa shape index (κ3) is 9.79. The number of urea groups is 1. The molecule has 1 saturated heterocycles. The molecule has 10 nitrogen and oxygen atoms in total. The number of carboxylic acid groups (broad SMARTS) is 1. The van der Waals surface area contributed by atoms with Gasteiger partial charge in [-0.2, -0.15) is 0 Å². The molecule has 0 aromatic heterocycles. The topological polar surface area (TPSA) is 137 Å². The Bertz CT molecular complexity index is 561. The molecule has 0 radical (unpaired) electrons. The average molecular weight is 400 g/mol. The van der Waals surface area contributed by atoms with Gasteiger partial charge in [-0.05, 0) is 40.5 Å². The highest BCUT2D eigenvalue weighted by molar-refractivity contribution is 5.78. The van der Waals surface area contributed by atoms with E-state index in [1.807, 2.05) is 6.92 Å². The van der Waals surface area contributed by atoms with Gasteiger partial charge in [0.15, 0.2) is 0 Å². The second-order valence-corrected chi connectivity index (χ2v) is 7.44. The smallest absolute Gasteiger partial charge is 0.426 e. The SMILES string of the molecule is C=CC(C)C(NC=O)C(=O)O.CC1CCCN1C(=O)NNC(=O)OC(C)(C)C. The molecule has 4 N–H and O–H groups in total. The Morgan fingerprint density at radius 3 is 2.29 bits per heavy atom. The van der Waals surface area contributed by atoms with Gasteiger partial charge >= 0.3 is 18.1 Å². The molecule has 4 amide bonds. The van der Waals surface area contributed by atoms with Gasteiger partial charge in [-0.15, -0.1) is 6.58 Å². The number of hydrazine groups is 1. The highest BCUT2D eigenvalue weighted by Crippen LogP contribution is 2.15. The van der Waals surface area contributed by atoms with Crippen molar-refractivity contribution in [3.05, 3.63) is 12.7 Å². The summed E-state index contributed by atoms with van der Waals surface area (Å²) >= 11 is 0. The van der Waals surface area contributed by atoms with Crippen molar-refractivity contribution in [1.29, 1.82) is 0 Å². The van der Waals surface area contributed by atoms with Crippen molar-refractivity contribution in [2.45, 2.75) is 65.1 Å². The molecule has 0 aromatic rings. The maximum atomic E-state index is 11.7. The predicted molar refractivity (Wildman–Crippen MR) is 103 cm³/mol. The lowest BCUT2D eigenvalue weighted by Crippen LogP contribution is -2.50. The van der Waals surface area contributed by atoms with Crippen LogP contribution in [0.1, 0.15) is 47.5 Å². The first-order chi connectivity index (χ1) is 12.9. The van der Waals surface area contributed by atoms with E-state index < -0.39 is 23.7 Å². The van der Waals surface area contributed by atoms with E-state index >= 15 is 0 Å². The van der Waals surface area contributed by atoms with Crippen LogP contribution in [0.2, 0.25) is 0 Å². The third-order valence-electron chi connectivity index (χ3n) is 3.90. The van der Waals surface area contributed by atoms with E-state index in [-0.39, 0.29) is 18.0 Å². The van der Waals surface area contributed by atoms with Gasteiger partial charge in [-0.25, -0.2) is 25.2 Å². The maximum absolute atomic E-state index is 11.7. The Hall–Kier alpha value is -2.78. The van der Waals surface area contributed by atoms with Crippen LogP contribution in [-0.4, -0.2) is 58.7 Å². The molecule has 1 rings (SSSR count). The van der Waals surface area contributed by atoms with Crippen molar-refractivity contribution in [3.8, 4) is 0 Å². The van der Waals surface area contributed by atoms with E-state index in [1.165, 1.54) is 6.08 Å². The maximum Gasteiger partial charge on any atom is 0.426 e. The summed E-state index contributed by atoms with van der Waals surface area (Å²) in [6.07, 6.45) is 3.20. The summed E-state index contributed by atoms with van der Waals surface area (Å²) in [4.78, 5) is 45.0. The largest absolute Gasteiger partial charge is 0.480 e. The van der Waals surface area contributed by atoms with E-state index in [0.717, 1.165) is 19.4 Å². The van der Waals surface area contributed by atoms with E-state index in [1.54, 1.807) is 32.6 Å². The van der Waals surface area contributed by atoms with Crippen LogP contribution in [0, 0.1) is 5.92 Å². The molecule has 0 bridgehead atoms. The van der Waals surface area contributed by atoms with E-state index in [0.29, 0.717) is 6.41 Å². The molecule has 0 spiro atoms. The first kappa shape index (κ1) is 25.2. The molecule has 160 valence electrons. The van der Waals surface area contributed by atoms with Gasteiger partial charge in [-0.3, -0.25) is 4.79 Å². The number of carbonyl (C=O) groups excluding carboxylic acids is 3. The molecule has 1 fully saturated rings. The minimum Gasteiger partial charge on any atom is -0.480 e. The first-order valence-corrected chi connectivity index (χ1v) is 9.03. The molecule has 1 heterocycles. The fourth-order valence-corrected chi connectivity index (χ4v) is 2.37. The number of nitrogens with one attached hydrogen (secondary N) is 3. The second kappa shape index (κ2) is 11.8. The van der Waals surface area contributed by atoms with Gasteiger partial charge < -0.3 is 20.1 Å². The lowest BCUT2D eigenvalue weighted by Gasteiger charge is -2.23. The molecule has 1 aliphatic rings. The Labute approximate surface area is 165 Å². The number of rotatable bonds is 5. The van der Waals surface area contributed by atoms with Crippen molar-refractivity contribution in [1.82, 2.24) is 21.1 Å². The number of ether oxygens (including phenoxy) is 1. The van der Waals surface area contributed by atoms with Gasteiger partial charge in [-0.1, -0.05) is 13.0 Å². The minimum atomic E-state index is -1.05. The standard InChI is InChI=1S/C11H21N3O3.C7H11NO3/c1-8-6-5-7-14(8)9(15)12-13-10(16)17-11(2,3)4;1-3-5(2)6(7(10)11)8-4-9/h8H,5-7H2,1-4H3,(H,12,15)(H,13,16);3-6H,1H2,2H3,(H,8,9)(H,10,11). The lowest BCUT2D eigenvalue weighted by atomic mass is 10.0. The summed E-state index contributed by atoms with van der Waals surface area (Å²) in [5, 5.41) is 10.7. The molecule has 28 heavy (non-hydrogen) atoms. The summed E-state index contributed by atoms with van der Waals surface area (Å²) in [7, 11) is 0. The lowest BCUT2D eigenvalue weighted by molar-refractivity contribution is -0.141. The van der Waals surface area contributed by atoms with E-state index in [9.17, 15) is 19.2 Å². The van der Waals surface area contributed by atoms with Crippen LogP contribution < -0.4 is 16.2 Å². The Kier molecular flexibility index (Phi) is 10.7. The molecular weight excluding hydrogens is 368 g/mol. The molecule has 10 heteroatoms. The summed E-state index contributed by atoms with van der Waals surface area (Å²) in [6, 6.07) is -0.943. The van der Waals surface area contributed by atoms with Crippen molar-refractivity contribution in [2.75, 3.05) is 6.54 Å². The fourth-order valence-electron chi connectivity index (χ4n) is 2.37. The van der Waals surface area contributed by atoms with Crippen LogP contribution in [0.25, 0.3) is 0 Å². The Morgan fingerprint density at radius 1 is 1.29 bits per heavy atom. The van der Waals surface area contributed by atoms with Crippen molar-refractivity contribution in [3.63, 3.8) is 0 Å². The highest BCUT2D eigenvalue weighted by Gasteiger charge is 2.25. The number of aliphatic carboxylic acids is 1. The zero-order chi connectivity index (χ0) is 21.9. The normalized spacial score (nSPS) is 17.9. The van der Waals surface area contributed by atoms with E-state index in [4.69, 9.17) is 9.84 Å². The molecule has 1 aliphatic heterocycles. The zero-order valence-corrected chi connectivity index (χ0v) is 17.2. The third-order valence-corrected chi connectivity index (χ3v) is 3.90. The molecule has 0 aromatic carbocycles. The summed E-state index contributed by atoms with van der Waals surface area (Å²) in [6.45, 7) is 13.1. The van der Waals surface area contributed by atoms with Crippen LogP contribution in [0.3, 0.4) is 0 Å².